The molecule has 0 spiro atoms. The molecule has 2 heterocycles. The Kier molecular flexibility index (Phi) is 5.01. The number of hydrogen-bond donors (Lipinski definition) is 1. The summed E-state index contributed by atoms with van der Waals surface area (Å²) in [6.45, 7) is 3.45. The monoisotopic (exact) mass is 370 g/mol. The quantitative estimate of drug-likeness (QED) is 0.865. The average Bonchev–Trinajstić information content (AvgIpc) is 3.48. The molecule has 7 heteroatoms. The van der Waals surface area contributed by atoms with Crippen molar-refractivity contribution in [2.45, 2.75) is 25.3 Å². The highest BCUT2D eigenvalue weighted by Gasteiger charge is 2.39. The number of benzene rings is 1. The first-order valence-corrected chi connectivity index (χ1v) is 9.78. The van der Waals surface area contributed by atoms with E-state index in [4.69, 9.17) is 0 Å². The topological polar surface area (TPSA) is 73.0 Å². The van der Waals surface area contributed by atoms with Gasteiger partial charge >= 0.3 is 6.03 Å². The Morgan fingerprint density at radius 2 is 1.67 bits per heavy atom. The van der Waals surface area contributed by atoms with E-state index >= 15 is 0 Å². The van der Waals surface area contributed by atoms with Crippen LogP contribution in [0.15, 0.2) is 30.3 Å². The number of carbonyl (C=O) groups excluding carboxylic acids is 3. The van der Waals surface area contributed by atoms with E-state index in [0.717, 1.165) is 19.4 Å². The van der Waals surface area contributed by atoms with Gasteiger partial charge in [-0.2, -0.15) is 0 Å². The molecular formula is C20H26N4O3. The van der Waals surface area contributed by atoms with Gasteiger partial charge in [-0.3, -0.25) is 9.59 Å². The van der Waals surface area contributed by atoms with Gasteiger partial charge in [0.2, 0.25) is 5.91 Å². The Balaban J connectivity index is 1.21. The minimum Gasteiger partial charge on any atom is -0.339 e. The zero-order chi connectivity index (χ0) is 18.8. The Labute approximate surface area is 159 Å². The number of urea groups is 1. The number of nitrogens with one attached hydrogen (secondary N) is 1. The Hall–Kier alpha value is -2.57. The fraction of sp³-hybridized carbons (Fsp3) is 0.550. The van der Waals surface area contributed by atoms with Gasteiger partial charge < -0.3 is 20.0 Å². The van der Waals surface area contributed by atoms with Gasteiger partial charge in [0.05, 0.1) is 0 Å². The second-order valence-corrected chi connectivity index (χ2v) is 7.68. The third kappa shape index (κ3) is 4.07. The first-order chi connectivity index (χ1) is 13.1. The molecule has 27 heavy (non-hydrogen) atoms. The summed E-state index contributed by atoms with van der Waals surface area (Å²) in [5.41, 5.74) is 0.682. The molecule has 0 bridgehead atoms. The summed E-state index contributed by atoms with van der Waals surface area (Å²) in [7, 11) is 0. The summed E-state index contributed by atoms with van der Waals surface area (Å²) in [6.07, 6.45) is 2.78. The fourth-order valence-electron chi connectivity index (χ4n) is 3.90. The lowest BCUT2D eigenvalue weighted by Gasteiger charge is -2.35. The van der Waals surface area contributed by atoms with Crippen molar-refractivity contribution in [1.29, 1.82) is 0 Å². The lowest BCUT2D eigenvalue weighted by molar-refractivity contribution is -0.128. The van der Waals surface area contributed by atoms with Gasteiger partial charge in [0.15, 0.2) is 0 Å². The SMILES string of the molecule is O=C(NC[C@H]1CC(=O)N(C2CC2)C1)N1CCN(C(=O)c2ccccc2)CC1. The Morgan fingerprint density at radius 3 is 2.33 bits per heavy atom. The third-order valence-corrected chi connectivity index (χ3v) is 5.64. The highest BCUT2D eigenvalue weighted by Crippen LogP contribution is 2.32. The summed E-state index contributed by atoms with van der Waals surface area (Å²) in [6, 6.07) is 9.59. The molecule has 3 aliphatic rings. The standard InChI is InChI=1S/C20H26N4O3/c25-18-12-15(14-24(18)17-6-7-17)13-21-20(27)23-10-8-22(9-11-23)19(26)16-4-2-1-3-5-16/h1-5,15,17H,6-14H2,(H,21,27)/t15-/m1/s1. The molecule has 1 atom stereocenters. The van der Waals surface area contributed by atoms with Crippen LogP contribution in [0.5, 0.6) is 0 Å². The van der Waals surface area contributed by atoms with E-state index in [0.29, 0.717) is 50.7 Å². The number of piperazine rings is 1. The fourth-order valence-corrected chi connectivity index (χ4v) is 3.90. The Bertz CT molecular complexity index is 711. The summed E-state index contributed by atoms with van der Waals surface area (Å²) >= 11 is 0. The Morgan fingerprint density at radius 1 is 1.00 bits per heavy atom. The number of likely N-dealkylation sites (tertiary alicyclic amines) is 1. The molecule has 7 nitrogen and oxygen atoms in total. The van der Waals surface area contributed by atoms with Crippen molar-refractivity contribution in [1.82, 2.24) is 20.0 Å². The van der Waals surface area contributed by atoms with Crippen LogP contribution < -0.4 is 5.32 Å². The molecule has 3 fully saturated rings. The van der Waals surface area contributed by atoms with Crippen LogP contribution in [0, 0.1) is 5.92 Å². The van der Waals surface area contributed by atoms with Gasteiger partial charge in [-0.25, -0.2) is 4.79 Å². The van der Waals surface area contributed by atoms with Crippen LogP contribution in [0.1, 0.15) is 29.6 Å². The summed E-state index contributed by atoms with van der Waals surface area (Å²) in [4.78, 5) is 42.4. The van der Waals surface area contributed by atoms with Crippen LogP contribution in [0.3, 0.4) is 0 Å². The van der Waals surface area contributed by atoms with Crippen molar-refractivity contribution >= 4 is 17.8 Å². The van der Waals surface area contributed by atoms with E-state index in [9.17, 15) is 14.4 Å². The van der Waals surface area contributed by atoms with Crippen LogP contribution in [0.2, 0.25) is 0 Å². The molecule has 1 aromatic carbocycles. The highest BCUT2D eigenvalue weighted by molar-refractivity contribution is 5.94. The zero-order valence-corrected chi connectivity index (χ0v) is 15.5. The van der Waals surface area contributed by atoms with Crippen LogP contribution in [-0.2, 0) is 4.79 Å². The van der Waals surface area contributed by atoms with E-state index in [1.165, 1.54) is 0 Å². The van der Waals surface area contributed by atoms with Crippen molar-refractivity contribution in [3.05, 3.63) is 35.9 Å². The molecule has 1 aliphatic carbocycles. The maximum Gasteiger partial charge on any atom is 0.317 e. The molecule has 144 valence electrons. The second-order valence-electron chi connectivity index (χ2n) is 7.68. The van der Waals surface area contributed by atoms with Crippen molar-refractivity contribution in [3.8, 4) is 0 Å². The van der Waals surface area contributed by atoms with Crippen molar-refractivity contribution in [3.63, 3.8) is 0 Å². The smallest absolute Gasteiger partial charge is 0.317 e. The third-order valence-electron chi connectivity index (χ3n) is 5.64. The van der Waals surface area contributed by atoms with E-state index in [-0.39, 0.29) is 23.8 Å². The number of nitrogens with zero attached hydrogens (tertiary/aromatic N) is 3. The lowest BCUT2D eigenvalue weighted by Crippen LogP contribution is -2.53. The predicted molar refractivity (Wildman–Crippen MR) is 100 cm³/mol. The molecule has 2 saturated heterocycles. The first-order valence-electron chi connectivity index (χ1n) is 9.78. The van der Waals surface area contributed by atoms with Crippen molar-refractivity contribution in [2.24, 2.45) is 5.92 Å². The van der Waals surface area contributed by atoms with Gasteiger partial charge in [-0.15, -0.1) is 0 Å². The molecule has 0 radical (unpaired) electrons. The zero-order valence-electron chi connectivity index (χ0n) is 15.5. The van der Waals surface area contributed by atoms with E-state index in [1.807, 2.05) is 35.2 Å². The molecule has 0 unspecified atom stereocenters. The second kappa shape index (κ2) is 7.58. The number of rotatable bonds is 4. The number of hydrogen-bond acceptors (Lipinski definition) is 3. The minimum absolute atomic E-state index is 0.0142. The molecular weight excluding hydrogens is 344 g/mol. The molecule has 1 aromatic rings. The van der Waals surface area contributed by atoms with Crippen LogP contribution in [-0.4, -0.2) is 77.9 Å². The summed E-state index contributed by atoms with van der Waals surface area (Å²) in [5, 5.41) is 2.98. The van der Waals surface area contributed by atoms with Crippen LogP contribution in [0.25, 0.3) is 0 Å². The molecule has 4 amide bonds. The maximum atomic E-state index is 12.5. The minimum atomic E-state index is -0.0980. The summed E-state index contributed by atoms with van der Waals surface area (Å²) < 4.78 is 0. The van der Waals surface area contributed by atoms with Crippen molar-refractivity contribution in [2.75, 3.05) is 39.3 Å². The van der Waals surface area contributed by atoms with Crippen molar-refractivity contribution < 1.29 is 14.4 Å². The molecule has 0 aromatic heterocycles. The van der Waals surface area contributed by atoms with Gasteiger partial charge in [-0.05, 0) is 25.0 Å². The maximum absolute atomic E-state index is 12.5. The molecule has 1 N–H and O–H groups in total. The molecule has 4 rings (SSSR count). The molecule has 2 aliphatic heterocycles. The van der Waals surface area contributed by atoms with Gasteiger partial charge in [0, 0.05) is 63.2 Å². The highest BCUT2D eigenvalue weighted by atomic mass is 16.2. The van der Waals surface area contributed by atoms with Gasteiger partial charge in [0.1, 0.15) is 0 Å². The van der Waals surface area contributed by atoms with E-state index in [2.05, 4.69) is 5.32 Å². The van der Waals surface area contributed by atoms with Crippen LogP contribution in [0.4, 0.5) is 4.79 Å². The van der Waals surface area contributed by atoms with Gasteiger partial charge in [-0.1, -0.05) is 18.2 Å². The van der Waals surface area contributed by atoms with Crippen LogP contribution >= 0.6 is 0 Å². The molecule has 1 saturated carbocycles. The largest absolute Gasteiger partial charge is 0.339 e. The van der Waals surface area contributed by atoms with E-state index in [1.54, 1.807) is 9.80 Å². The van der Waals surface area contributed by atoms with Gasteiger partial charge in [0.25, 0.3) is 5.91 Å². The summed E-state index contributed by atoms with van der Waals surface area (Å²) in [5.74, 6) is 0.452. The average molecular weight is 370 g/mol. The lowest BCUT2D eigenvalue weighted by atomic mass is 10.1. The number of carbonyl (C=O) groups is 3. The number of amides is 4. The normalized spacial score (nSPS) is 22.9. The first kappa shape index (κ1) is 17.8. The van der Waals surface area contributed by atoms with E-state index < -0.39 is 0 Å². The predicted octanol–water partition coefficient (Wildman–Crippen LogP) is 1.16.